The van der Waals surface area contributed by atoms with Gasteiger partial charge < -0.3 is 10.4 Å². The van der Waals surface area contributed by atoms with Crippen molar-refractivity contribution >= 4 is 16.6 Å². The van der Waals surface area contributed by atoms with Crippen molar-refractivity contribution < 1.29 is 5.11 Å². The molecule has 2 heterocycles. The van der Waals surface area contributed by atoms with Gasteiger partial charge in [-0.1, -0.05) is 6.07 Å². The Balaban J connectivity index is 1.93. The molecule has 0 aliphatic carbocycles. The summed E-state index contributed by atoms with van der Waals surface area (Å²) in [5.74, 6) is 1.66. The van der Waals surface area contributed by atoms with Crippen LogP contribution < -0.4 is 5.32 Å². The molecular formula is C12H11N5O. The Morgan fingerprint density at radius 3 is 3.00 bits per heavy atom. The van der Waals surface area contributed by atoms with Crippen LogP contribution in [0.3, 0.4) is 0 Å². The van der Waals surface area contributed by atoms with Crippen LogP contribution in [0.2, 0.25) is 0 Å². The highest BCUT2D eigenvalue weighted by atomic mass is 16.3. The van der Waals surface area contributed by atoms with Gasteiger partial charge in [0.2, 0.25) is 0 Å². The van der Waals surface area contributed by atoms with Crippen LogP contribution in [0.15, 0.2) is 36.8 Å². The second-order valence-electron chi connectivity index (χ2n) is 3.85. The van der Waals surface area contributed by atoms with Crippen molar-refractivity contribution in [1.29, 1.82) is 0 Å². The Morgan fingerprint density at radius 1 is 1.22 bits per heavy atom. The lowest BCUT2D eigenvalue weighted by Gasteiger charge is -2.07. The van der Waals surface area contributed by atoms with Crippen molar-refractivity contribution in [1.82, 2.24) is 20.2 Å². The fourth-order valence-corrected chi connectivity index (χ4v) is 1.78. The number of anilines is 1. The molecule has 3 rings (SSSR count). The van der Waals surface area contributed by atoms with Gasteiger partial charge in [0.25, 0.3) is 0 Å². The summed E-state index contributed by atoms with van der Waals surface area (Å²) in [6.07, 6.45) is 3.18. The van der Waals surface area contributed by atoms with E-state index >= 15 is 0 Å². The summed E-state index contributed by atoms with van der Waals surface area (Å²) in [5.41, 5.74) is 0. The Kier molecular flexibility index (Phi) is 2.53. The minimum absolute atomic E-state index is 0.221. The van der Waals surface area contributed by atoms with Crippen LogP contribution in [0.25, 0.3) is 10.8 Å². The first-order valence-corrected chi connectivity index (χ1v) is 5.49. The molecule has 6 nitrogen and oxygen atoms in total. The van der Waals surface area contributed by atoms with E-state index in [4.69, 9.17) is 0 Å². The van der Waals surface area contributed by atoms with E-state index in [1.54, 1.807) is 18.3 Å². The Morgan fingerprint density at radius 2 is 2.17 bits per heavy atom. The number of rotatable bonds is 3. The molecule has 0 saturated carbocycles. The number of aromatic hydroxyl groups is 1. The maximum Gasteiger partial charge on any atom is 0.143 e. The van der Waals surface area contributed by atoms with Gasteiger partial charge in [0.15, 0.2) is 0 Å². The molecular weight excluding hydrogens is 230 g/mol. The number of aromatic nitrogens is 4. The second-order valence-corrected chi connectivity index (χ2v) is 3.85. The summed E-state index contributed by atoms with van der Waals surface area (Å²) in [6.45, 7) is 0.502. The van der Waals surface area contributed by atoms with Gasteiger partial charge in [-0.15, -0.1) is 0 Å². The summed E-state index contributed by atoms with van der Waals surface area (Å²) >= 11 is 0. The molecule has 0 atom stereocenters. The Bertz CT molecular complexity index is 665. The number of pyridine rings is 1. The zero-order chi connectivity index (χ0) is 12.4. The fraction of sp³-hybridized carbons (Fsp3) is 0.0833. The number of benzene rings is 1. The van der Waals surface area contributed by atoms with E-state index in [1.165, 1.54) is 6.33 Å². The number of aromatic amines is 1. The van der Waals surface area contributed by atoms with Crippen LogP contribution in [0, 0.1) is 0 Å². The number of H-pyrrole nitrogens is 1. The first-order chi connectivity index (χ1) is 8.83. The van der Waals surface area contributed by atoms with E-state index in [9.17, 15) is 5.11 Å². The monoisotopic (exact) mass is 241 g/mol. The molecule has 0 amide bonds. The topological polar surface area (TPSA) is 86.7 Å². The molecule has 0 bridgehead atoms. The zero-order valence-electron chi connectivity index (χ0n) is 9.46. The number of hydrogen-bond donors (Lipinski definition) is 3. The SMILES string of the molecule is Oc1ccc2ccnc(NCc3ncn[nH]3)c2c1. The third-order valence-electron chi connectivity index (χ3n) is 2.64. The molecule has 0 aliphatic heterocycles. The van der Waals surface area contributed by atoms with E-state index < -0.39 is 0 Å². The molecule has 2 aromatic heterocycles. The van der Waals surface area contributed by atoms with Gasteiger partial charge in [0, 0.05) is 11.6 Å². The van der Waals surface area contributed by atoms with Crippen molar-refractivity contribution in [3.05, 3.63) is 42.6 Å². The maximum atomic E-state index is 9.52. The average Bonchev–Trinajstić information content (AvgIpc) is 2.89. The molecule has 6 heteroatoms. The number of phenolic OH excluding ortho intramolecular Hbond substituents is 1. The summed E-state index contributed by atoms with van der Waals surface area (Å²) in [7, 11) is 0. The highest BCUT2D eigenvalue weighted by Crippen LogP contribution is 2.25. The Hall–Kier alpha value is -2.63. The van der Waals surface area contributed by atoms with Crippen LogP contribution in [-0.2, 0) is 6.54 Å². The van der Waals surface area contributed by atoms with E-state index in [0.717, 1.165) is 16.6 Å². The molecule has 3 aromatic rings. The molecule has 3 N–H and O–H groups in total. The third-order valence-corrected chi connectivity index (χ3v) is 2.64. The van der Waals surface area contributed by atoms with Crippen LogP contribution in [-0.4, -0.2) is 25.3 Å². The van der Waals surface area contributed by atoms with E-state index in [1.807, 2.05) is 12.1 Å². The predicted octanol–water partition coefficient (Wildman–Crippen LogP) is 1.67. The fourth-order valence-electron chi connectivity index (χ4n) is 1.78. The quantitative estimate of drug-likeness (QED) is 0.649. The van der Waals surface area contributed by atoms with Crippen molar-refractivity contribution in [2.45, 2.75) is 6.54 Å². The summed E-state index contributed by atoms with van der Waals surface area (Å²) < 4.78 is 0. The van der Waals surface area contributed by atoms with Gasteiger partial charge >= 0.3 is 0 Å². The summed E-state index contributed by atoms with van der Waals surface area (Å²) in [6, 6.07) is 7.09. The number of nitrogens with one attached hydrogen (secondary N) is 2. The highest BCUT2D eigenvalue weighted by molar-refractivity contribution is 5.92. The molecule has 0 saturated heterocycles. The van der Waals surface area contributed by atoms with E-state index in [0.29, 0.717) is 12.4 Å². The number of nitrogens with zero attached hydrogens (tertiary/aromatic N) is 3. The van der Waals surface area contributed by atoms with Crippen molar-refractivity contribution in [2.75, 3.05) is 5.32 Å². The number of fused-ring (bicyclic) bond motifs is 1. The van der Waals surface area contributed by atoms with Crippen LogP contribution in [0.4, 0.5) is 5.82 Å². The van der Waals surface area contributed by atoms with Crippen molar-refractivity contribution in [2.24, 2.45) is 0 Å². The molecule has 1 aromatic carbocycles. The molecule has 0 radical (unpaired) electrons. The Labute approximate surface area is 103 Å². The lowest BCUT2D eigenvalue weighted by Crippen LogP contribution is -2.03. The van der Waals surface area contributed by atoms with Crippen LogP contribution in [0.5, 0.6) is 5.75 Å². The highest BCUT2D eigenvalue weighted by Gasteiger charge is 2.04. The standard InChI is InChI=1S/C12H11N5O/c18-9-2-1-8-3-4-13-12(10(8)5-9)14-6-11-15-7-16-17-11/h1-5,7,18H,6H2,(H,13,14)(H,15,16,17). The molecule has 18 heavy (non-hydrogen) atoms. The van der Waals surface area contributed by atoms with Crippen LogP contribution >= 0.6 is 0 Å². The summed E-state index contributed by atoms with van der Waals surface area (Å²) in [5, 5.41) is 21.1. The van der Waals surface area contributed by atoms with Gasteiger partial charge in [-0.3, -0.25) is 5.10 Å². The van der Waals surface area contributed by atoms with Crippen LogP contribution in [0.1, 0.15) is 5.82 Å². The van der Waals surface area contributed by atoms with Gasteiger partial charge in [0.1, 0.15) is 23.7 Å². The second kappa shape index (κ2) is 4.33. The lowest BCUT2D eigenvalue weighted by molar-refractivity contribution is 0.476. The zero-order valence-corrected chi connectivity index (χ0v) is 9.46. The molecule has 0 aliphatic rings. The summed E-state index contributed by atoms with van der Waals surface area (Å²) in [4.78, 5) is 8.29. The number of hydrogen-bond acceptors (Lipinski definition) is 5. The number of phenols is 1. The van der Waals surface area contributed by atoms with Gasteiger partial charge in [-0.05, 0) is 23.6 Å². The third kappa shape index (κ3) is 1.95. The van der Waals surface area contributed by atoms with Gasteiger partial charge in [0.05, 0.1) is 6.54 Å². The lowest BCUT2D eigenvalue weighted by atomic mass is 10.1. The predicted molar refractivity (Wildman–Crippen MR) is 67.1 cm³/mol. The first-order valence-electron chi connectivity index (χ1n) is 5.49. The molecule has 90 valence electrons. The van der Waals surface area contributed by atoms with Crippen molar-refractivity contribution in [3.63, 3.8) is 0 Å². The minimum Gasteiger partial charge on any atom is -0.508 e. The smallest absolute Gasteiger partial charge is 0.143 e. The molecule has 0 spiro atoms. The average molecular weight is 241 g/mol. The van der Waals surface area contributed by atoms with E-state index in [-0.39, 0.29) is 5.75 Å². The van der Waals surface area contributed by atoms with E-state index in [2.05, 4.69) is 25.5 Å². The first kappa shape index (κ1) is 10.5. The maximum absolute atomic E-state index is 9.52. The van der Waals surface area contributed by atoms with Crippen molar-refractivity contribution in [3.8, 4) is 5.75 Å². The van der Waals surface area contributed by atoms with Gasteiger partial charge in [-0.25, -0.2) is 9.97 Å². The van der Waals surface area contributed by atoms with Gasteiger partial charge in [-0.2, -0.15) is 5.10 Å². The molecule has 0 unspecified atom stereocenters. The minimum atomic E-state index is 0.221. The molecule has 0 fully saturated rings. The largest absolute Gasteiger partial charge is 0.508 e. The normalized spacial score (nSPS) is 10.7.